The summed E-state index contributed by atoms with van der Waals surface area (Å²) in [6, 6.07) is 4.30. The van der Waals surface area contributed by atoms with E-state index in [9.17, 15) is 4.39 Å². The lowest BCUT2D eigenvalue weighted by Gasteiger charge is -2.19. The molecule has 0 amide bonds. The van der Waals surface area contributed by atoms with Crippen molar-refractivity contribution < 1.29 is 9.13 Å². The van der Waals surface area contributed by atoms with Crippen molar-refractivity contribution >= 4 is 22.9 Å². The Labute approximate surface area is 74.3 Å². The van der Waals surface area contributed by atoms with Gasteiger partial charge in [0, 0.05) is 6.07 Å². The molecule has 2 nitrogen and oxygen atoms in total. The molecule has 12 heavy (non-hydrogen) atoms. The molecule has 1 aliphatic heterocycles. The Balaban J connectivity index is 2.44. The molecule has 1 aromatic carbocycles. The number of hydrogen-bond acceptors (Lipinski definition) is 2. The second kappa shape index (κ2) is 2.71. The molecule has 1 N–H and O–H groups in total. The summed E-state index contributed by atoms with van der Waals surface area (Å²) in [6.45, 7) is 0.369. The van der Waals surface area contributed by atoms with Gasteiger partial charge in [-0.05, 0) is 12.1 Å². The average Bonchev–Trinajstić information content (AvgIpc) is 2.03. The third kappa shape index (κ3) is 1.25. The van der Waals surface area contributed by atoms with E-state index in [0.29, 0.717) is 23.0 Å². The van der Waals surface area contributed by atoms with Gasteiger partial charge in [0.05, 0.1) is 5.69 Å². The lowest BCUT2D eigenvalue weighted by atomic mass is 10.2. The molecule has 0 saturated heterocycles. The molecule has 0 atom stereocenters. The lowest BCUT2D eigenvalue weighted by molar-refractivity contribution is 0.374. The zero-order chi connectivity index (χ0) is 8.55. The minimum atomic E-state index is -0.297. The molecular formula is C8H6FNOS. The Morgan fingerprint density at radius 3 is 3.17 bits per heavy atom. The summed E-state index contributed by atoms with van der Waals surface area (Å²) in [5.41, 5.74) is 0.603. The second-order valence-electron chi connectivity index (χ2n) is 2.48. The normalized spacial score (nSPS) is 14.6. The molecular weight excluding hydrogens is 177 g/mol. The lowest BCUT2D eigenvalue weighted by Crippen LogP contribution is -2.23. The summed E-state index contributed by atoms with van der Waals surface area (Å²) < 4.78 is 17.9. The summed E-state index contributed by atoms with van der Waals surface area (Å²) in [7, 11) is 0. The molecule has 0 saturated carbocycles. The van der Waals surface area contributed by atoms with Crippen LogP contribution >= 0.6 is 12.2 Å². The third-order valence-corrected chi connectivity index (χ3v) is 1.79. The van der Waals surface area contributed by atoms with E-state index < -0.39 is 0 Å². The summed E-state index contributed by atoms with van der Waals surface area (Å²) in [4.78, 5) is 0.577. The van der Waals surface area contributed by atoms with Crippen LogP contribution < -0.4 is 10.1 Å². The monoisotopic (exact) mass is 183 g/mol. The van der Waals surface area contributed by atoms with Crippen LogP contribution in [0.1, 0.15) is 0 Å². The number of thiocarbonyl (C=S) groups is 1. The Bertz CT molecular complexity index is 340. The van der Waals surface area contributed by atoms with Gasteiger partial charge in [0.1, 0.15) is 23.2 Å². The number of rotatable bonds is 0. The van der Waals surface area contributed by atoms with Crippen LogP contribution in [-0.4, -0.2) is 11.6 Å². The fraction of sp³-hybridized carbons (Fsp3) is 0.125. The highest BCUT2D eigenvalue weighted by Gasteiger charge is 2.12. The number of halogens is 1. The molecule has 1 aliphatic rings. The first kappa shape index (κ1) is 7.49. The maximum absolute atomic E-state index is 12.7. The van der Waals surface area contributed by atoms with E-state index in [4.69, 9.17) is 17.0 Å². The van der Waals surface area contributed by atoms with Crippen molar-refractivity contribution in [2.75, 3.05) is 11.9 Å². The summed E-state index contributed by atoms with van der Waals surface area (Å²) >= 11 is 4.87. The van der Waals surface area contributed by atoms with Gasteiger partial charge >= 0.3 is 0 Å². The Morgan fingerprint density at radius 1 is 1.50 bits per heavy atom. The smallest absolute Gasteiger partial charge is 0.143 e. The second-order valence-corrected chi connectivity index (χ2v) is 2.97. The number of ether oxygens (including phenoxy) is 1. The van der Waals surface area contributed by atoms with Gasteiger partial charge in [0.2, 0.25) is 0 Å². The van der Waals surface area contributed by atoms with E-state index in [2.05, 4.69) is 5.32 Å². The molecule has 0 fully saturated rings. The molecule has 1 heterocycles. The third-order valence-electron chi connectivity index (χ3n) is 1.57. The highest BCUT2D eigenvalue weighted by Crippen LogP contribution is 2.27. The number of fused-ring (bicyclic) bond motifs is 1. The van der Waals surface area contributed by atoms with Crippen LogP contribution in [0.2, 0.25) is 0 Å². The average molecular weight is 183 g/mol. The standard InChI is InChI=1S/C8H6FNOS/c9-5-1-2-7-6(3-5)10-8(12)4-11-7/h1-3H,4H2,(H,10,12). The van der Waals surface area contributed by atoms with Gasteiger partial charge in [0.15, 0.2) is 0 Å². The largest absolute Gasteiger partial charge is 0.484 e. The van der Waals surface area contributed by atoms with Crippen LogP contribution in [0.4, 0.5) is 10.1 Å². The topological polar surface area (TPSA) is 21.3 Å². The molecule has 0 radical (unpaired) electrons. The van der Waals surface area contributed by atoms with Crippen LogP contribution in [-0.2, 0) is 0 Å². The molecule has 1 aromatic rings. The van der Waals surface area contributed by atoms with Gasteiger partial charge in [-0.15, -0.1) is 0 Å². The van der Waals surface area contributed by atoms with E-state index in [-0.39, 0.29) is 5.82 Å². The molecule has 4 heteroatoms. The maximum Gasteiger partial charge on any atom is 0.143 e. The highest BCUT2D eigenvalue weighted by atomic mass is 32.1. The fourth-order valence-electron chi connectivity index (χ4n) is 1.06. The Hall–Kier alpha value is -1.16. The van der Waals surface area contributed by atoms with Crippen molar-refractivity contribution in [3.63, 3.8) is 0 Å². The zero-order valence-electron chi connectivity index (χ0n) is 6.13. The summed E-state index contributed by atoms with van der Waals surface area (Å²) in [5.74, 6) is 0.347. The molecule has 0 aromatic heterocycles. The summed E-state index contributed by atoms with van der Waals surface area (Å²) in [6.07, 6.45) is 0. The van der Waals surface area contributed by atoms with Gasteiger partial charge < -0.3 is 10.1 Å². The SMILES string of the molecule is Fc1ccc2c(c1)NC(=S)CO2. The van der Waals surface area contributed by atoms with Crippen LogP contribution in [0.25, 0.3) is 0 Å². The Kier molecular flexibility index (Phi) is 1.69. The van der Waals surface area contributed by atoms with E-state index in [1.807, 2.05) is 0 Å². The predicted octanol–water partition coefficient (Wildman–Crippen LogP) is 1.96. The number of nitrogens with one attached hydrogen (secondary N) is 1. The van der Waals surface area contributed by atoms with Crippen molar-refractivity contribution in [2.24, 2.45) is 0 Å². The van der Waals surface area contributed by atoms with E-state index in [1.54, 1.807) is 6.07 Å². The fourth-order valence-corrected chi connectivity index (χ4v) is 1.22. The number of anilines is 1. The van der Waals surface area contributed by atoms with Crippen molar-refractivity contribution in [2.45, 2.75) is 0 Å². The van der Waals surface area contributed by atoms with Crippen molar-refractivity contribution in [3.8, 4) is 5.75 Å². The zero-order valence-corrected chi connectivity index (χ0v) is 6.95. The first-order valence-corrected chi connectivity index (χ1v) is 3.89. The van der Waals surface area contributed by atoms with Gasteiger partial charge in [-0.25, -0.2) is 4.39 Å². The van der Waals surface area contributed by atoms with Gasteiger partial charge in [-0.1, -0.05) is 12.2 Å². The van der Waals surface area contributed by atoms with Crippen LogP contribution in [0.3, 0.4) is 0 Å². The number of hydrogen-bond donors (Lipinski definition) is 1. The van der Waals surface area contributed by atoms with Gasteiger partial charge in [0.25, 0.3) is 0 Å². The van der Waals surface area contributed by atoms with Crippen LogP contribution in [0.5, 0.6) is 5.75 Å². The molecule has 0 bridgehead atoms. The van der Waals surface area contributed by atoms with E-state index in [0.717, 1.165) is 0 Å². The summed E-state index contributed by atoms with van der Waals surface area (Å²) in [5, 5.41) is 2.87. The van der Waals surface area contributed by atoms with Crippen LogP contribution in [0, 0.1) is 5.82 Å². The quantitative estimate of drug-likeness (QED) is 0.621. The predicted molar refractivity (Wildman–Crippen MR) is 48.1 cm³/mol. The highest BCUT2D eigenvalue weighted by molar-refractivity contribution is 7.80. The van der Waals surface area contributed by atoms with Crippen LogP contribution in [0.15, 0.2) is 18.2 Å². The Morgan fingerprint density at radius 2 is 2.33 bits per heavy atom. The molecule has 0 spiro atoms. The van der Waals surface area contributed by atoms with E-state index in [1.165, 1.54) is 12.1 Å². The minimum Gasteiger partial charge on any atom is -0.484 e. The van der Waals surface area contributed by atoms with Gasteiger partial charge in [-0.3, -0.25) is 0 Å². The molecule has 0 aliphatic carbocycles. The first-order chi connectivity index (χ1) is 5.75. The van der Waals surface area contributed by atoms with Crippen molar-refractivity contribution in [1.29, 1.82) is 0 Å². The van der Waals surface area contributed by atoms with Crippen molar-refractivity contribution in [1.82, 2.24) is 0 Å². The maximum atomic E-state index is 12.7. The van der Waals surface area contributed by atoms with Gasteiger partial charge in [-0.2, -0.15) is 0 Å². The molecule has 2 rings (SSSR count). The minimum absolute atomic E-state index is 0.297. The van der Waals surface area contributed by atoms with Crippen molar-refractivity contribution in [3.05, 3.63) is 24.0 Å². The molecule has 0 unspecified atom stereocenters. The first-order valence-electron chi connectivity index (χ1n) is 3.48. The number of benzene rings is 1. The molecule has 62 valence electrons. The van der Waals surface area contributed by atoms with E-state index >= 15 is 0 Å².